The summed E-state index contributed by atoms with van der Waals surface area (Å²) in [6.45, 7) is -0.359. The maximum atomic E-state index is 13.7. The summed E-state index contributed by atoms with van der Waals surface area (Å²) >= 11 is 0. The third kappa shape index (κ3) is 4.28. The maximum absolute atomic E-state index is 13.7. The van der Waals surface area contributed by atoms with E-state index in [4.69, 9.17) is 9.47 Å². The molecule has 0 aromatic heterocycles. The number of carbonyl (C=O) groups is 2. The summed E-state index contributed by atoms with van der Waals surface area (Å²) in [6, 6.07) is 17.2. The van der Waals surface area contributed by atoms with Gasteiger partial charge in [-0.25, -0.2) is 9.18 Å². The van der Waals surface area contributed by atoms with Crippen LogP contribution in [0.3, 0.4) is 0 Å². The zero-order chi connectivity index (χ0) is 20.1. The van der Waals surface area contributed by atoms with Crippen molar-refractivity contribution in [1.29, 1.82) is 0 Å². The average molecular weight is 381 g/mol. The molecule has 28 heavy (non-hydrogen) atoms. The van der Waals surface area contributed by atoms with Gasteiger partial charge in [-0.3, -0.25) is 4.79 Å². The zero-order valence-corrected chi connectivity index (χ0v) is 15.6. The SMILES string of the molecule is COc1cc2ccccc2cc1C(=O)OCC(=O)N(C)Cc1ccccc1F. The number of likely N-dealkylation sites (N-methyl/N-ethyl adjacent to an activating group) is 1. The lowest BCUT2D eigenvalue weighted by atomic mass is 10.1. The van der Waals surface area contributed by atoms with Crippen LogP contribution in [-0.2, 0) is 16.1 Å². The monoisotopic (exact) mass is 381 g/mol. The van der Waals surface area contributed by atoms with E-state index in [0.717, 1.165) is 10.8 Å². The molecule has 3 rings (SSSR count). The van der Waals surface area contributed by atoms with Crippen LogP contribution in [0.5, 0.6) is 5.75 Å². The molecule has 5 nitrogen and oxygen atoms in total. The van der Waals surface area contributed by atoms with Crippen molar-refractivity contribution in [2.45, 2.75) is 6.54 Å². The largest absolute Gasteiger partial charge is 0.496 e. The highest BCUT2D eigenvalue weighted by atomic mass is 19.1. The van der Waals surface area contributed by atoms with E-state index in [1.807, 2.05) is 24.3 Å². The predicted octanol–water partition coefficient (Wildman–Crippen LogP) is 3.80. The molecular formula is C22H20FNO4. The average Bonchev–Trinajstić information content (AvgIpc) is 2.72. The van der Waals surface area contributed by atoms with Gasteiger partial charge in [0.15, 0.2) is 6.61 Å². The second-order valence-electron chi connectivity index (χ2n) is 6.32. The Morgan fingerprint density at radius 2 is 1.64 bits per heavy atom. The van der Waals surface area contributed by atoms with E-state index in [0.29, 0.717) is 11.3 Å². The third-order valence-corrected chi connectivity index (χ3v) is 4.41. The summed E-state index contributed by atoms with van der Waals surface area (Å²) in [5.74, 6) is -1.11. The summed E-state index contributed by atoms with van der Waals surface area (Å²) in [5.41, 5.74) is 0.631. The van der Waals surface area contributed by atoms with E-state index in [1.54, 1.807) is 30.3 Å². The normalized spacial score (nSPS) is 10.5. The number of rotatable bonds is 6. The van der Waals surface area contributed by atoms with Gasteiger partial charge in [0.1, 0.15) is 17.1 Å². The maximum Gasteiger partial charge on any atom is 0.342 e. The van der Waals surface area contributed by atoms with E-state index >= 15 is 0 Å². The van der Waals surface area contributed by atoms with Crippen molar-refractivity contribution in [2.75, 3.05) is 20.8 Å². The van der Waals surface area contributed by atoms with Gasteiger partial charge in [0, 0.05) is 19.2 Å². The minimum Gasteiger partial charge on any atom is -0.496 e. The molecule has 0 spiro atoms. The number of hydrogen-bond donors (Lipinski definition) is 0. The molecule has 0 unspecified atom stereocenters. The Morgan fingerprint density at radius 1 is 1.00 bits per heavy atom. The Morgan fingerprint density at radius 3 is 2.32 bits per heavy atom. The van der Waals surface area contributed by atoms with Gasteiger partial charge in [0.2, 0.25) is 0 Å². The van der Waals surface area contributed by atoms with Gasteiger partial charge in [0.05, 0.1) is 7.11 Å². The zero-order valence-electron chi connectivity index (χ0n) is 15.6. The number of methoxy groups -OCH3 is 1. The van der Waals surface area contributed by atoms with Crippen LogP contribution < -0.4 is 4.74 Å². The summed E-state index contributed by atoms with van der Waals surface area (Å²) in [6.07, 6.45) is 0. The Labute approximate surface area is 162 Å². The van der Waals surface area contributed by atoms with Crippen LogP contribution in [-0.4, -0.2) is 37.5 Å². The fourth-order valence-electron chi connectivity index (χ4n) is 2.83. The van der Waals surface area contributed by atoms with Crippen LogP contribution in [0.2, 0.25) is 0 Å². The fourth-order valence-corrected chi connectivity index (χ4v) is 2.83. The molecule has 0 radical (unpaired) electrons. The molecule has 3 aromatic carbocycles. The molecule has 0 N–H and O–H groups in total. The minimum absolute atomic E-state index is 0.0857. The Bertz CT molecular complexity index is 1020. The Kier molecular flexibility index (Phi) is 5.89. The Balaban J connectivity index is 1.67. The van der Waals surface area contributed by atoms with Crippen molar-refractivity contribution < 1.29 is 23.5 Å². The molecule has 6 heteroatoms. The van der Waals surface area contributed by atoms with Gasteiger partial charge in [-0.15, -0.1) is 0 Å². The number of fused-ring (bicyclic) bond motifs is 1. The van der Waals surface area contributed by atoms with Gasteiger partial charge in [-0.2, -0.15) is 0 Å². The lowest BCUT2D eigenvalue weighted by Gasteiger charge is -2.18. The van der Waals surface area contributed by atoms with Gasteiger partial charge >= 0.3 is 5.97 Å². The molecule has 3 aromatic rings. The van der Waals surface area contributed by atoms with Crippen LogP contribution >= 0.6 is 0 Å². The molecule has 0 saturated carbocycles. The molecule has 0 aliphatic heterocycles. The van der Waals surface area contributed by atoms with Gasteiger partial charge < -0.3 is 14.4 Å². The smallest absolute Gasteiger partial charge is 0.342 e. The quantitative estimate of drug-likeness (QED) is 0.610. The summed E-state index contributed by atoms with van der Waals surface area (Å²) in [4.78, 5) is 26.0. The highest BCUT2D eigenvalue weighted by Crippen LogP contribution is 2.26. The first kappa shape index (κ1) is 19.4. The van der Waals surface area contributed by atoms with Crippen LogP contribution in [0.4, 0.5) is 4.39 Å². The number of esters is 1. The van der Waals surface area contributed by atoms with Crippen LogP contribution in [0.1, 0.15) is 15.9 Å². The second-order valence-corrected chi connectivity index (χ2v) is 6.32. The van der Waals surface area contributed by atoms with Gasteiger partial charge in [-0.05, 0) is 29.0 Å². The van der Waals surface area contributed by atoms with Crippen molar-refractivity contribution in [2.24, 2.45) is 0 Å². The van der Waals surface area contributed by atoms with Crippen LogP contribution in [0.25, 0.3) is 10.8 Å². The van der Waals surface area contributed by atoms with E-state index in [2.05, 4.69) is 0 Å². The molecule has 0 heterocycles. The van der Waals surface area contributed by atoms with E-state index in [9.17, 15) is 14.0 Å². The van der Waals surface area contributed by atoms with Gasteiger partial charge in [-0.1, -0.05) is 42.5 Å². The first-order valence-electron chi connectivity index (χ1n) is 8.71. The first-order chi connectivity index (χ1) is 13.5. The highest BCUT2D eigenvalue weighted by Gasteiger charge is 2.18. The van der Waals surface area contributed by atoms with Crippen LogP contribution in [0.15, 0.2) is 60.7 Å². The standard InChI is InChI=1S/C22H20FNO4/c1-24(13-17-9-5-6-10-19(17)23)21(25)14-28-22(26)18-11-15-7-3-4-8-16(15)12-20(18)27-2/h3-12H,13-14H2,1-2H3. The predicted molar refractivity (Wildman–Crippen MR) is 104 cm³/mol. The lowest BCUT2D eigenvalue weighted by molar-refractivity contribution is -0.133. The summed E-state index contributed by atoms with van der Waals surface area (Å²) in [5, 5.41) is 1.79. The molecule has 0 aliphatic rings. The van der Waals surface area contributed by atoms with E-state index in [-0.39, 0.29) is 17.9 Å². The topological polar surface area (TPSA) is 55.8 Å². The molecule has 0 saturated heterocycles. The second kappa shape index (κ2) is 8.52. The number of benzene rings is 3. The number of nitrogens with zero attached hydrogens (tertiary/aromatic N) is 1. The first-order valence-corrected chi connectivity index (χ1v) is 8.71. The van der Waals surface area contributed by atoms with Crippen molar-refractivity contribution in [3.05, 3.63) is 77.6 Å². The molecule has 0 fully saturated rings. The van der Waals surface area contributed by atoms with Crippen molar-refractivity contribution >= 4 is 22.6 Å². The molecule has 0 aliphatic carbocycles. The van der Waals surface area contributed by atoms with Gasteiger partial charge in [0.25, 0.3) is 5.91 Å². The minimum atomic E-state index is -0.657. The number of amides is 1. The number of halogens is 1. The van der Waals surface area contributed by atoms with Crippen molar-refractivity contribution in [3.63, 3.8) is 0 Å². The molecule has 1 amide bonds. The number of ether oxygens (including phenoxy) is 2. The van der Waals surface area contributed by atoms with Crippen molar-refractivity contribution in [1.82, 2.24) is 4.90 Å². The van der Waals surface area contributed by atoms with E-state index in [1.165, 1.54) is 25.1 Å². The number of carbonyl (C=O) groups excluding carboxylic acids is 2. The third-order valence-electron chi connectivity index (χ3n) is 4.41. The molecular weight excluding hydrogens is 361 g/mol. The molecule has 0 bridgehead atoms. The van der Waals surface area contributed by atoms with Crippen molar-refractivity contribution in [3.8, 4) is 5.75 Å². The number of hydrogen-bond acceptors (Lipinski definition) is 4. The Hall–Kier alpha value is -3.41. The summed E-state index contributed by atoms with van der Waals surface area (Å²) in [7, 11) is 2.99. The molecule has 144 valence electrons. The molecule has 0 atom stereocenters. The fraction of sp³-hybridized carbons (Fsp3) is 0.182. The highest BCUT2D eigenvalue weighted by molar-refractivity contribution is 5.99. The lowest BCUT2D eigenvalue weighted by Crippen LogP contribution is -2.31. The summed E-state index contributed by atoms with van der Waals surface area (Å²) < 4.78 is 24.2. The van der Waals surface area contributed by atoms with Crippen LogP contribution in [0, 0.1) is 5.82 Å². The van der Waals surface area contributed by atoms with E-state index < -0.39 is 18.5 Å².